The van der Waals surface area contributed by atoms with E-state index in [-0.39, 0.29) is 29.8 Å². The van der Waals surface area contributed by atoms with E-state index in [1.807, 2.05) is 0 Å². The number of hydrogen-bond acceptors (Lipinski definition) is 4. The normalized spacial score (nSPS) is 14.1. The van der Waals surface area contributed by atoms with Crippen LogP contribution in [0.3, 0.4) is 0 Å². The minimum atomic E-state index is -0.626. The van der Waals surface area contributed by atoms with Crippen molar-refractivity contribution in [1.82, 2.24) is 15.3 Å². The molecule has 0 atom stereocenters. The summed E-state index contributed by atoms with van der Waals surface area (Å²) in [6.07, 6.45) is 7.09. The second-order valence-corrected chi connectivity index (χ2v) is 7.07. The topological polar surface area (TPSA) is 96.1 Å². The maximum atomic E-state index is 14.5. The Morgan fingerprint density at radius 2 is 1.97 bits per heavy atom. The van der Waals surface area contributed by atoms with Gasteiger partial charge in [0.2, 0.25) is 11.8 Å². The second kappa shape index (κ2) is 8.30. The van der Waals surface area contributed by atoms with Crippen molar-refractivity contribution in [3.63, 3.8) is 0 Å². The zero-order chi connectivity index (χ0) is 20.2. The molecule has 3 aromatic rings. The Kier molecular flexibility index (Phi) is 5.41. The molecule has 1 aromatic carbocycles. The summed E-state index contributed by atoms with van der Waals surface area (Å²) in [5.74, 6) is -0.940. The van der Waals surface area contributed by atoms with Gasteiger partial charge in [-0.25, -0.2) is 9.37 Å². The number of rotatable bonds is 6. The van der Waals surface area contributed by atoms with Gasteiger partial charge in [-0.15, -0.1) is 0 Å². The number of halogens is 1. The molecule has 2 amide bonds. The first-order chi connectivity index (χ1) is 14.1. The van der Waals surface area contributed by atoms with Crippen LogP contribution < -0.4 is 15.4 Å². The standard InChI is InChI=1S/C21H21FN4O3/c22-16-11-14(26-20(28)12-19(27)25-13-3-1-2-4-13)5-6-18(16)29-17-8-10-24-21-15(17)7-9-23-21/h5-11,13H,1-4,12H2,(H,23,24)(H,25,27)(H,26,28). The maximum absolute atomic E-state index is 14.5. The summed E-state index contributed by atoms with van der Waals surface area (Å²) < 4.78 is 20.1. The number of fused-ring (bicyclic) bond motifs is 1. The van der Waals surface area contributed by atoms with Crippen molar-refractivity contribution in [2.75, 3.05) is 5.32 Å². The Hall–Kier alpha value is -3.42. The number of ether oxygens (including phenoxy) is 1. The van der Waals surface area contributed by atoms with Gasteiger partial charge >= 0.3 is 0 Å². The van der Waals surface area contributed by atoms with Gasteiger partial charge in [0.1, 0.15) is 17.8 Å². The lowest BCUT2D eigenvalue weighted by molar-refractivity contribution is -0.127. The number of benzene rings is 1. The third kappa shape index (κ3) is 4.53. The van der Waals surface area contributed by atoms with Crippen LogP contribution in [-0.2, 0) is 9.59 Å². The van der Waals surface area contributed by atoms with Crippen LogP contribution in [0.15, 0.2) is 42.7 Å². The monoisotopic (exact) mass is 396 g/mol. The fourth-order valence-electron chi connectivity index (χ4n) is 3.50. The molecule has 1 aliphatic rings. The molecule has 0 radical (unpaired) electrons. The van der Waals surface area contributed by atoms with Crippen LogP contribution in [-0.4, -0.2) is 27.8 Å². The van der Waals surface area contributed by atoms with Crippen molar-refractivity contribution in [1.29, 1.82) is 0 Å². The number of anilines is 1. The summed E-state index contributed by atoms with van der Waals surface area (Å²) >= 11 is 0. The van der Waals surface area contributed by atoms with Crippen LogP contribution in [0.1, 0.15) is 32.1 Å². The smallest absolute Gasteiger partial charge is 0.233 e. The summed E-state index contributed by atoms with van der Waals surface area (Å²) in [5.41, 5.74) is 0.901. The van der Waals surface area contributed by atoms with Gasteiger partial charge in [0.05, 0.1) is 5.39 Å². The lowest BCUT2D eigenvalue weighted by Gasteiger charge is -2.12. The average molecular weight is 396 g/mol. The highest BCUT2D eigenvalue weighted by atomic mass is 19.1. The first kappa shape index (κ1) is 18.9. The van der Waals surface area contributed by atoms with Gasteiger partial charge in [-0.1, -0.05) is 12.8 Å². The van der Waals surface area contributed by atoms with Crippen molar-refractivity contribution in [3.05, 3.63) is 48.5 Å². The van der Waals surface area contributed by atoms with E-state index >= 15 is 0 Å². The quantitative estimate of drug-likeness (QED) is 0.551. The zero-order valence-corrected chi connectivity index (χ0v) is 15.7. The fourth-order valence-corrected chi connectivity index (χ4v) is 3.50. The molecule has 4 rings (SSSR count). The third-order valence-electron chi connectivity index (χ3n) is 4.90. The summed E-state index contributed by atoms with van der Waals surface area (Å²) in [5, 5.41) is 6.13. The third-order valence-corrected chi connectivity index (χ3v) is 4.90. The van der Waals surface area contributed by atoms with E-state index in [0.717, 1.165) is 37.1 Å². The molecule has 0 saturated heterocycles. The molecule has 3 N–H and O–H groups in total. The largest absolute Gasteiger partial charge is 0.453 e. The second-order valence-electron chi connectivity index (χ2n) is 7.07. The van der Waals surface area contributed by atoms with Gasteiger partial charge in [0, 0.05) is 30.2 Å². The Bertz CT molecular complexity index is 1040. The zero-order valence-electron chi connectivity index (χ0n) is 15.7. The van der Waals surface area contributed by atoms with Crippen LogP contribution in [0.4, 0.5) is 10.1 Å². The highest BCUT2D eigenvalue weighted by Crippen LogP contribution is 2.31. The van der Waals surface area contributed by atoms with Gasteiger partial charge < -0.3 is 20.4 Å². The highest BCUT2D eigenvalue weighted by molar-refractivity contribution is 6.03. The van der Waals surface area contributed by atoms with Crippen molar-refractivity contribution in [3.8, 4) is 11.5 Å². The average Bonchev–Trinajstić information content (AvgIpc) is 3.35. The first-order valence-electron chi connectivity index (χ1n) is 9.57. The molecule has 7 nitrogen and oxygen atoms in total. The molecule has 2 heterocycles. The summed E-state index contributed by atoms with van der Waals surface area (Å²) in [6.45, 7) is 0. The molecule has 1 aliphatic carbocycles. The number of aromatic nitrogens is 2. The van der Waals surface area contributed by atoms with Gasteiger partial charge in [-0.05, 0) is 37.1 Å². The van der Waals surface area contributed by atoms with Crippen molar-refractivity contribution in [2.24, 2.45) is 0 Å². The number of aromatic amines is 1. The van der Waals surface area contributed by atoms with Crippen LogP contribution in [0.2, 0.25) is 0 Å². The number of H-pyrrole nitrogens is 1. The molecule has 0 spiro atoms. The van der Waals surface area contributed by atoms with Crippen molar-refractivity contribution in [2.45, 2.75) is 38.1 Å². The molecule has 2 aromatic heterocycles. The Morgan fingerprint density at radius 3 is 2.76 bits per heavy atom. The molecule has 0 aliphatic heterocycles. The predicted octanol–water partition coefficient (Wildman–Crippen LogP) is 3.88. The molecule has 150 valence electrons. The SMILES string of the molecule is O=C(CC(=O)NC1CCCC1)Nc1ccc(Oc2ccnc3[nH]ccc23)c(F)c1. The van der Waals surface area contributed by atoms with Crippen molar-refractivity contribution < 1.29 is 18.7 Å². The molecule has 1 fully saturated rings. The Balaban J connectivity index is 1.37. The van der Waals surface area contributed by atoms with Crippen LogP contribution >= 0.6 is 0 Å². The van der Waals surface area contributed by atoms with Gasteiger partial charge in [0.15, 0.2) is 11.6 Å². The number of hydrogen-bond donors (Lipinski definition) is 3. The molecule has 8 heteroatoms. The minimum absolute atomic E-state index is 0.0238. The van der Waals surface area contributed by atoms with E-state index in [2.05, 4.69) is 20.6 Å². The number of amides is 2. The molecule has 29 heavy (non-hydrogen) atoms. The molecule has 0 unspecified atom stereocenters. The number of carbonyl (C=O) groups is 2. The van der Waals surface area contributed by atoms with E-state index in [1.54, 1.807) is 24.5 Å². The van der Waals surface area contributed by atoms with E-state index in [1.165, 1.54) is 12.1 Å². The van der Waals surface area contributed by atoms with Gasteiger partial charge in [0.25, 0.3) is 0 Å². The molecule has 0 bridgehead atoms. The summed E-state index contributed by atoms with van der Waals surface area (Å²) in [7, 11) is 0. The number of pyridine rings is 1. The number of carbonyl (C=O) groups excluding carboxylic acids is 2. The van der Waals surface area contributed by atoms with Crippen LogP contribution in [0, 0.1) is 5.82 Å². The van der Waals surface area contributed by atoms with Gasteiger partial charge in [-0.3, -0.25) is 9.59 Å². The van der Waals surface area contributed by atoms with Crippen LogP contribution in [0.25, 0.3) is 11.0 Å². The predicted molar refractivity (Wildman–Crippen MR) is 106 cm³/mol. The number of nitrogens with zero attached hydrogens (tertiary/aromatic N) is 1. The van der Waals surface area contributed by atoms with Gasteiger partial charge in [-0.2, -0.15) is 0 Å². The van der Waals surface area contributed by atoms with E-state index in [0.29, 0.717) is 11.4 Å². The Morgan fingerprint density at radius 1 is 1.14 bits per heavy atom. The Labute approximate surface area is 166 Å². The first-order valence-corrected chi connectivity index (χ1v) is 9.57. The lowest BCUT2D eigenvalue weighted by Crippen LogP contribution is -2.35. The minimum Gasteiger partial charge on any atom is -0.453 e. The highest BCUT2D eigenvalue weighted by Gasteiger charge is 2.19. The van der Waals surface area contributed by atoms with Crippen molar-refractivity contribution >= 4 is 28.5 Å². The molecular formula is C21H21FN4O3. The lowest BCUT2D eigenvalue weighted by atomic mass is 10.2. The van der Waals surface area contributed by atoms with E-state index in [4.69, 9.17) is 4.74 Å². The van der Waals surface area contributed by atoms with Crippen LogP contribution in [0.5, 0.6) is 11.5 Å². The maximum Gasteiger partial charge on any atom is 0.233 e. The number of nitrogens with one attached hydrogen (secondary N) is 3. The summed E-state index contributed by atoms with van der Waals surface area (Å²) in [4.78, 5) is 31.1. The van der Waals surface area contributed by atoms with E-state index in [9.17, 15) is 14.0 Å². The van der Waals surface area contributed by atoms with E-state index < -0.39 is 11.7 Å². The molecule has 1 saturated carbocycles. The fraction of sp³-hybridized carbons (Fsp3) is 0.286. The summed E-state index contributed by atoms with van der Waals surface area (Å²) in [6, 6.07) is 7.72. The molecular weight excluding hydrogens is 375 g/mol.